The summed E-state index contributed by atoms with van der Waals surface area (Å²) in [6.45, 7) is 3.32. The number of nitrogens with one attached hydrogen (secondary N) is 1. The number of rotatable bonds is 3. The lowest BCUT2D eigenvalue weighted by Crippen LogP contribution is -2.30. The molecule has 1 aromatic carbocycles. The Balaban J connectivity index is 2.16. The molecule has 138 valence electrons. The summed E-state index contributed by atoms with van der Waals surface area (Å²) in [4.78, 5) is 24.6. The van der Waals surface area contributed by atoms with Crippen molar-refractivity contribution in [3.63, 3.8) is 0 Å². The highest BCUT2D eigenvalue weighted by atomic mass is 19.4. The third-order valence-corrected chi connectivity index (χ3v) is 4.26. The van der Waals surface area contributed by atoms with Crippen molar-refractivity contribution in [2.24, 2.45) is 0 Å². The largest absolute Gasteiger partial charge is 0.463 e. The van der Waals surface area contributed by atoms with E-state index in [1.807, 2.05) is 0 Å². The summed E-state index contributed by atoms with van der Waals surface area (Å²) in [5.41, 5.74) is 0.422. The van der Waals surface area contributed by atoms with E-state index in [1.165, 1.54) is 12.1 Å². The van der Waals surface area contributed by atoms with Crippen LogP contribution in [0.15, 0.2) is 46.8 Å². The van der Waals surface area contributed by atoms with Crippen molar-refractivity contribution in [2.75, 3.05) is 13.2 Å². The Morgan fingerprint density at radius 3 is 2.77 bits per heavy atom. The first-order valence-corrected chi connectivity index (χ1v) is 7.96. The number of hydrogen-bond donors (Lipinski definition) is 1. The highest BCUT2D eigenvalue weighted by Gasteiger charge is 2.42. The van der Waals surface area contributed by atoms with Crippen LogP contribution in [0.25, 0.3) is 0 Å². The molecule has 1 aromatic rings. The fraction of sp³-hybridized carbons (Fsp3) is 0.333. The van der Waals surface area contributed by atoms with Crippen molar-refractivity contribution >= 4 is 11.9 Å². The summed E-state index contributed by atoms with van der Waals surface area (Å²) in [6, 6.07) is 4.58. The average Bonchev–Trinajstić information content (AvgIpc) is 2.93. The van der Waals surface area contributed by atoms with Gasteiger partial charge in [0.05, 0.1) is 34.9 Å². The van der Waals surface area contributed by atoms with Crippen molar-refractivity contribution in [3.8, 4) is 0 Å². The quantitative estimate of drug-likeness (QED) is 0.832. The Kier molecular flexibility index (Phi) is 4.52. The van der Waals surface area contributed by atoms with E-state index in [4.69, 9.17) is 9.47 Å². The van der Waals surface area contributed by atoms with Crippen LogP contribution in [0.3, 0.4) is 0 Å². The zero-order valence-corrected chi connectivity index (χ0v) is 14.1. The number of ether oxygens (including phenoxy) is 2. The van der Waals surface area contributed by atoms with Gasteiger partial charge >= 0.3 is 18.1 Å². The topological polar surface area (TPSA) is 64.6 Å². The van der Waals surface area contributed by atoms with Crippen molar-refractivity contribution in [3.05, 3.63) is 57.9 Å². The maximum Gasteiger partial charge on any atom is 0.416 e. The van der Waals surface area contributed by atoms with Gasteiger partial charge < -0.3 is 14.8 Å². The lowest BCUT2D eigenvalue weighted by Gasteiger charge is -2.28. The van der Waals surface area contributed by atoms with Gasteiger partial charge in [0.25, 0.3) is 0 Å². The van der Waals surface area contributed by atoms with Gasteiger partial charge in [0.2, 0.25) is 0 Å². The number of allylic oxidation sites excluding steroid dienone is 1. The van der Waals surface area contributed by atoms with Gasteiger partial charge in [-0.2, -0.15) is 13.2 Å². The predicted molar refractivity (Wildman–Crippen MR) is 84.6 cm³/mol. The van der Waals surface area contributed by atoms with E-state index in [0.717, 1.165) is 12.1 Å². The molecule has 0 saturated heterocycles. The maximum absolute atomic E-state index is 13.1. The van der Waals surface area contributed by atoms with Crippen LogP contribution in [0.1, 0.15) is 30.9 Å². The van der Waals surface area contributed by atoms with Gasteiger partial charge in [-0.05, 0) is 25.5 Å². The van der Waals surface area contributed by atoms with Crippen molar-refractivity contribution in [2.45, 2.75) is 25.9 Å². The molecule has 1 atom stereocenters. The lowest BCUT2D eigenvalue weighted by atomic mass is 9.80. The molecule has 5 nitrogen and oxygen atoms in total. The van der Waals surface area contributed by atoms with Gasteiger partial charge in [0, 0.05) is 5.70 Å². The smallest absolute Gasteiger partial charge is 0.416 e. The minimum absolute atomic E-state index is 0.0168. The molecule has 2 aliphatic rings. The fourth-order valence-electron chi connectivity index (χ4n) is 3.17. The minimum Gasteiger partial charge on any atom is -0.463 e. The summed E-state index contributed by atoms with van der Waals surface area (Å²) < 4.78 is 49.4. The molecule has 2 aliphatic heterocycles. The highest BCUT2D eigenvalue weighted by molar-refractivity contribution is 6.01. The van der Waals surface area contributed by atoms with Crippen LogP contribution in [-0.4, -0.2) is 25.2 Å². The van der Waals surface area contributed by atoms with E-state index in [2.05, 4.69) is 5.32 Å². The van der Waals surface area contributed by atoms with Gasteiger partial charge in [-0.15, -0.1) is 0 Å². The van der Waals surface area contributed by atoms with Gasteiger partial charge in [-0.25, -0.2) is 9.59 Å². The zero-order chi connectivity index (χ0) is 19.1. The summed E-state index contributed by atoms with van der Waals surface area (Å²) in [5.74, 6) is -2.34. The number of carbonyl (C=O) groups excluding carboxylic acids is 2. The molecule has 1 unspecified atom stereocenters. The fourth-order valence-corrected chi connectivity index (χ4v) is 3.17. The summed E-state index contributed by atoms with van der Waals surface area (Å²) in [7, 11) is 0. The molecular weight excluding hydrogens is 351 g/mol. The molecule has 0 amide bonds. The molecule has 0 aliphatic carbocycles. The molecule has 26 heavy (non-hydrogen) atoms. The molecular formula is C18H16F3NO4. The molecule has 0 bridgehead atoms. The summed E-state index contributed by atoms with van der Waals surface area (Å²) in [6.07, 6.45) is -4.54. The molecule has 0 radical (unpaired) electrons. The van der Waals surface area contributed by atoms with Gasteiger partial charge in [0.1, 0.15) is 6.61 Å². The van der Waals surface area contributed by atoms with Gasteiger partial charge in [0.15, 0.2) is 0 Å². The number of benzene rings is 1. The molecule has 0 fully saturated rings. The number of hydrogen-bond acceptors (Lipinski definition) is 5. The Morgan fingerprint density at radius 2 is 2.12 bits per heavy atom. The van der Waals surface area contributed by atoms with Crippen LogP contribution in [-0.2, 0) is 25.2 Å². The maximum atomic E-state index is 13.1. The monoisotopic (exact) mass is 367 g/mol. The van der Waals surface area contributed by atoms with Crippen LogP contribution in [0.4, 0.5) is 13.2 Å². The van der Waals surface area contributed by atoms with E-state index in [1.54, 1.807) is 13.8 Å². The van der Waals surface area contributed by atoms with Gasteiger partial charge in [-0.3, -0.25) is 0 Å². The second-order valence-corrected chi connectivity index (χ2v) is 5.91. The number of carbonyl (C=O) groups is 2. The zero-order valence-electron chi connectivity index (χ0n) is 14.1. The number of alkyl halides is 3. The number of halogens is 3. The second kappa shape index (κ2) is 6.51. The molecule has 3 rings (SSSR count). The van der Waals surface area contributed by atoms with Crippen LogP contribution in [0.5, 0.6) is 0 Å². The highest BCUT2D eigenvalue weighted by Crippen LogP contribution is 2.42. The standard InChI is InChI=1S/C18H16F3NO4/c1-3-25-16(23)13-9(2)22-12-8-26-17(24)15(12)14(13)10-5-4-6-11(7-10)18(19,20)21/h4-7,14,22H,3,8H2,1-2H3. The first-order valence-electron chi connectivity index (χ1n) is 7.96. The molecule has 1 N–H and O–H groups in total. The number of dihydropyridines is 1. The summed E-state index contributed by atoms with van der Waals surface area (Å²) >= 11 is 0. The van der Waals surface area contributed by atoms with E-state index < -0.39 is 29.6 Å². The minimum atomic E-state index is -4.54. The van der Waals surface area contributed by atoms with E-state index in [9.17, 15) is 22.8 Å². The Morgan fingerprint density at radius 1 is 1.38 bits per heavy atom. The third kappa shape index (κ3) is 3.07. The van der Waals surface area contributed by atoms with Crippen molar-refractivity contribution in [1.82, 2.24) is 5.32 Å². The van der Waals surface area contributed by atoms with E-state index in [0.29, 0.717) is 11.4 Å². The normalized spacial score (nSPS) is 19.9. The number of esters is 2. The lowest BCUT2D eigenvalue weighted by molar-refractivity contribution is -0.139. The molecule has 2 heterocycles. The average molecular weight is 367 g/mol. The van der Waals surface area contributed by atoms with Crippen LogP contribution in [0.2, 0.25) is 0 Å². The molecule has 0 spiro atoms. The number of cyclic esters (lactones) is 1. The second-order valence-electron chi connectivity index (χ2n) is 5.91. The molecule has 0 aromatic heterocycles. The Labute approximate surface area is 147 Å². The van der Waals surface area contributed by atoms with Crippen LogP contribution >= 0.6 is 0 Å². The molecule has 8 heteroatoms. The first kappa shape index (κ1) is 18.0. The van der Waals surface area contributed by atoms with Crippen molar-refractivity contribution in [1.29, 1.82) is 0 Å². The van der Waals surface area contributed by atoms with Crippen molar-refractivity contribution < 1.29 is 32.2 Å². The SMILES string of the molecule is CCOC(=O)C1=C(C)NC2=C(C(=O)OC2)C1c1cccc(C(F)(F)F)c1. The third-order valence-electron chi connectivity index (χ3n) is 4.26. The molecule has 0 saturated carbocycles. The summed E-state index contributed by atoms with van der Waals surface area (Å²) in [5, 5.41) is 2.93. The Bertz CT molecular complexity index is 839. The first-order chi connectivity index (χ1) is 12.2. The van der Waals surface area contributed by atoms with Crippen LogP contribution in [0, 0.1) is 0 Å². The van der Waals surface area contributed by atoms with E-state index in [-0.39, 0.29) is 29.9 Å². The van der Waals surface area contributed by atoms with E-state index >= 15 is 0 Å². The Hall–Kier alpha value is -2.77. The predicted octanol–water partition coefficient (Wildman–Crippen LogP) is 3.04. The van der Waals surface area contributed by atoms with Gasteiger partial charge in [-0.1, -0.05) is 18.2 Å². The van der Waals surface area contributed by atoms with Crippen LogP contribution < -0.4 is 5.32 Å².